The Kier molecular flexibility index (Phi) is 14.9. The van der Waals surface area contributed by atoms with Gasteiger partial charge in [0.2, 0.25) is 5.88 Å². The van der Waals surface area contributed by atoms with Crippen molar-refractivity contribution in [3.63, 3.8) is 0 Å². The number of allylic oxidation sites excluding steroid dienone is 4. The van der Waals surface area contributed by atoms with Crippen LogP contribution in [0.2, 0.25) is 0 Å². The Hall–Kier alpha value is -2.75. The first-order valence-corrected chi connectivity index (χ1v) is 15.9. The molecule has 2 aromatic heterocycles. The van der Waals surface area contributed by atoms with E-state index in [-0.39, 0.29) is 11.2 Å². The maximum absolute atomic E-state index is 11.1. The van der Waals surface area contributed by atoms with Crippen LogP contribution in [0.4, 0.5) is 0 Å². The molecule has 3 unspecified atom stereocenters. The topological polar surface area (TPSA) is 52.1 Å². The Morgan fingerprint density at radius 3 is 2.38 bits per heavy atom. The number of rotatable bonds is 15. The van der Waals surface area contributed by atoms with Crippen molar-refractivity contribution in [3.8, 4) is 5.88 Å². The molecule has 4 rings (SSSR count). The number of fused-ring (bicyclic) bond motifs is 1. The Labute approximate surface area is 244 Å². The number of hydrogen-bond donors (Lipinski definition) is 0. The zero-order chi connectivity index (χ0) is 29.4. The fraction of sp³-hybridized carbons (Fsp3) is 0.583. The van der Waals surface area contributed by atoms with Crippen molar-refractivity contribution in [3.05, 3.63) is 77.5 Å². The lowest BCUT2D eigenvalue weighted by molar-refractivity contribution is -0.117. The van der Waals surface area contributed by atoms with Crippen LogP contribution in [0.25, 0.3) is 0 Å². The highest BCUT2D eigenvalue weighted by molar-refractivity contribution is 5.75. The normalized spacial score (nSPS) is 18.4. The second-order valence-corrected chi connectivity index (χ2v) is 11.0. The molecule has 0 bridgehead atoms. The van der Waals surface area contributed by atoms with Crippen LogP contribution < -0.4 is 4.74 Å². The van der Waals surface area contributed by atoms with Gasteiger partial charge >= 0.3 is 0 Å². The van der Waals surface area contributed by atoms with Crippen molar-refractivity contribution >= 4 is 5.78 Å². The summed E-state index contributed by atoms with van der Waals surface area (Å²) in [5.74, 6) is 3.18. The van der Waals surface area contributed by atoms with E-state index in [9.17, 15) is 4.79 Å². The summed E-state index contributed by atoms with van der Waals surface area (Å²) in [6.45, 7) is 14.5. The first-order valence-electron chi connectivity index (χ1n) is 15.9. The summed E-state index contributed by atoms with van der Waals surface area (Å²) in [7, 11) is 0. The molecular weight excluding hydrogens is 492 g/mol. The molecule has 1 fully saturated rings. The minimum atomic E-state index is 0.254. The summed E-state index contributed by atoms with van der Waals surface area (Å²) in [6.07, 6.45) is 20.3. The van der Waals surface area contributed by atoms with Gasteiger partial charge in [0.05, 0.1) is 0 Å². The molecule has 2 heterocycles. The Bertz CT molecular complexity index is 1080. The van der Waals surface area contributed by atoms with Gasteiger partial charge in [-0.1, -0.05) is 72.1 Å². The number of nitrogens with zero attached hydrogens (tertiary/aromatic N) is 2. The molecule has 2 aromatic rings. The van der Waals surface area contributed by atoms with Gasteiger partial charge in [-0.15, -0.1) is 0 Å². The van der Waals surface area contributed by atoms with Crippen molar-refractivity contribution in [2.45, 2.75) is 119 Å². The molecular formula is C36H54N2O2. The highest BCUT2D eigenvalue weighted by Crippen LogP contribution is 2.58. The molecule has 40 heavy (non-hydrogen) atoms. The molecule has 2 aliphatic carbocycles. The summed E-state index contributed by atoms with van der Waals surface area (Å²) < 4.78 is 6.32. The molecule has 0 N–H and O–H groups in total. The van der Waals surface area contributed by atoms with E-state index >= 15 is 0 Å². The van der Waals surface area contributed by atoms with Crippen LogP contribution in [0.1, 0.15) is 118 Å². The van der Waals surface area contributed by atoms with E-state index in [2.05, 4.69) is 49.2 Å². The van der Waals surface area contributed by atoms with Gasteiger partial charge in [0.1, 0.15) is 11.5 Å². The van der Waals surface area contributed by atoms with Crippen LogP contribution in [-0.2, 0) is 17.6 Å². The zero-order valence-corrected chi connectivity index (χ0v) is 26.3. The van der Waals surface area contributed by atoms with Gasteiger partial charge in [-0.2, -0.15) is 0 Å². The molecule has 3 atom stereocenters. The third kappa shape index (κ3) is 10.3. The Balaban J connectivity index is 0.00000134. The van der Waals surface area contributed by atoms with Gasteiger partial charge in [0, 0.05) is 36.5 Å². The van der Waals surface area contributed by atoms with Crippen molar-refractivity contribution in [1.82, 2.24) is 9.97 Å². The number of ether oxygens (including phenoxy) is 1. The van der Waals surface area contributed by atoms with Crippen LogP contribution in [0.5, 0.6) is 5.88 Å². The van der Waals surface area contributed by atoms with Crippen molar-refractivity contribution in [2.75, 3.05) is 0 Å². The van der Waals surface area contributed by atoms with Gasteiger partial charge in [-0.25, -0.2) is 4.98 Å². The molecule has 0 amide bonds. The van der Waals surface area contributed by atoms with Crippen molar-refractivity contribution in [2.24, 2.45) is 17.3 Å². The summed E-state index contributed by atoms with van der Waals surface area (Å²) in [6, 6.07) is 10.4. The molecule has 0 aromatic carbocycles. The minimum Gasteiger partial charge on any atom is -0.443 e. The van der Waals surface area contributed by atoms with Gasteiger partial charge < -0.3 is 9.53 Å². The Morgan fingerprint density at radius 1 is 0.925 bits per heavy atom. The van der Waals surface area contributed by atoms with Crippen molar-refractivity contribution in [1.29, 1.82) is 0 Å². The average Bonchev–Trinajstić information content (AvgIpc) is 3.77. The van der Waals surface area contributed by atoms with E-state index in [1.54, 1.807) is 12.5 Å². The number of carbonyl (C=O) groups is 1. The first-order chi connectivity index (χ1) is 19.5. The third-order valence-corrected chi connectivity index (χ3v) is 7.89. The van der Waals surface area contributed by atoms with Crippen LogP contribution in [0.3, 0.4) is 0 Å². The number of hydrogen-bond acceptors (Lipinski definition) is 4. The molecule has 0 spiro atoms. The number of unbranched alkanes of at least 4 members (excludes halogenated alkanes) is 2. The fourth-order valence-corrected chi connectivity index (χ4v) is 5.86. The smallest absolute Gasteiger partial charge is 0.218 e. The van der Waals surface area contributed by atoms with E-state index in [4.69, 9.17) is 9.72 Å². The minimum absolute atomic E-state index is 0.254. The predicted molar refractivity (Wildman–Crippen MR) is 168 cm³/mol. The fourth-order valence-electron chi connectivity index (χ4n) is 5.86. The molecule has 0 radical (unpaired) electrons. The second kappa shape index (κ2) is 17.8. The molecule has 1 saturated carbocycles. The van der Waals surface area contributed by atoms with E-state index in [0.29, 0.717) is 24.1 Å². The maximum Gasteiger partial charge on any atom is 0.218 e. The SMILES string of the molecule is CC.CC.CCCC(C)(CCCc1ccncc1)C1=CC=C(Oc2cccc(CCCCCC(C)=O)n2)C2CC12. The number of aromatic nitrogens is 2. The Morgan fingerprint density at radius 2 is 1.68 bits per heavy atom. The van der Waals surface area contributed by atoms with Gasteiger partial charge in [-0.05, 0) is 99.5 Å². The van der Waals surface area contributed by atoms with E-state index in [0.717, 1.165) is 43.6 Å². The molecule has 4 heteroatoms. The molecule has 2 aliphatic rings. The molecule has 4 nitrogen and oxygen atoms in total. The highest BCUT2D eigenvalue weighted by Gasteiger charge is 2.49. The lowest BCUT2D eigenvalue weighted by Gasteiger charge is -2.34. The zero-order valence-electron chi connectivity index (χ0n) is 26.3. The largest absolute Gasteiger partial charge is 0.443 e. The molecule has 220 valence electrons. The number of aryl methyl sites for hydroxylation is 2. The quantitative estimate of drug-likeness (QED) is 0.209. The summed E-state index contributed by atoms with van der Waals surface area (Å²) in [5, 5.41) is 0. The van der Waals surface area contributed by atoms with Crippen LogP contribution in [0, 0.1) is 17.3 Å². The lowest BCUT2D eigenvalue weighted by atomic mass is 9.71. The summed E-state index contributed by atoms with van der Waals surface area (Å²) in [5.41, 5.74) is 4.33. The lowest BCUT2D eigenvalue weighted by Crippen LogP contribution is -2.23. The number of carbonyl (C=O) groups excluding carboxylic acids is 1. The monoisotopic (exact) mass is 546 g/mol. The number of pyridine rings is 2. The third-order valence-electron chi connectivity index (χ3n) is 7.89. The van der Waals surface area contributed by atoms with E-state index in [1.807, 2.05) is 52.2 Å². The number of Topliss-reactive ketones (excluding diaryl/α,β-unsaturated/α-hetero) is 1. The first kappa shape index (κ1) is 33.5. The summed E-state index contributed by atoms with van der Waals surface area (Å²) in [4.78, 5) is 20.0. The predicted octanol–water partition coefficient (Wildman–Crippen LogP) is 9.89. The molecule has 0 aliphatic heterocycles. The number of ketones is 1. The summed E-state index contributed by atoms with van der Waals surface area (Å²) >= 11 is 0. The van der Waals surface area contributed by atoms with E-state index in [1.165, 1.54) is 37.7 Å². The van der Waals surface area contributed by atoms with Gasteiger partial charge in [0.15, 0.2) is 0 Å². The average molecular weight is 547 g/mol. The van der Waals surface area contributed by atoms with Gasteiger partial charge in [-0.3, -0.25) is 4.98 Å². The van der Waals surface area contributed by atoms with Gasteiger partial charge in [0.25, 0.3) is 0 Å². The second-order valence-electron chi connectivity index (χ2n) is 11.0. The molecule has 0 saturated heterocycles. The highest BCUT2D eigenvalue weighted by atomic mass is 16.5. The van der Waals surface area contributed by atoms with Crippen LogP contribution in [-0.4, -0.2) is 15.8 Å². The van der Waals surface area contributed by atoms with Crippen molar-refractivity contribution < 1.29 is 9.53 Å². The standard InChI is InChI=1S/C32H42N2O2.2C2H6/c1-4-19-32(3,20-9-11-25-17-21-33-22-18-25)29-15-16-30(28-23-27(28)29)36-31-14-8-13-26(34-31)12-7-5-6-10-24(2)35;2*1-2/h8,13-18,21-22,27-28H,4-7,9-12,19-20,23H2,1-3H3;2*1-2H3. The van der Waals surface area contributed by atoms with Crippen LogP contribution in [0.15, 0.2) is 66.2 Å². The maximum atomic E-state index is 11.1. The van der Waals surface area contributed by atoms with E-state index < -0.39 is 0 Å². The van der Waals surface area contributed by atoms with Crippen LogP contribution >= 0.6 is 0 Å².